The van der Waals surface area contributed by atoms with E-state index >= 15 is 0 Å². The van der Waals surface area contributed by atoms with Crippen molar-refractivity contribution >= 4 is 42.1 Å². The molecular formula is C19H30Cl2N6OS. The fourth-order valence-electron chi connectivity index (χ4n) is 4.06. The number of hydrogen-bond acceptors (Lipinski definition) is 6. The molecule has 7 nitrogen and oxygen atoms in total. The zero-order chi connectivity index (χ0) is 19.0. The molecule has 4 rings (SSSR count). The zero-order valence-electron chi connectivity index (χ0n) is 17.2. The Bertz CT molecular complexity index is 829. The van der Waals surface area contributed by atoms with Crippen molar-refractivity contribution in [3.05, 3.63) is 27.2 Å². The van der Waals surface area contributed by atoms with Crippen molar-refractivity contribution in [1.29, 1.82) is 0 Å². The largest absolute Gasteiger partial charge is 0.338 e. The average Bonchev–Trinajstić information content (AvgIpc) is 3.24. The van der Waals surface area contributed by atoms with E-state index in [2.05, 4.69) is 38.9 Å². The van der Waals surface area contributed by atoms with Gasteiger partial charge in [-0.25, -0.2) is 4.98 Å². The molecule has 0 unspecified atom stereocenters. The van der Waals surface area contributed by atoms with Gasteiger partial charge >= 0.3 is 0 Å². The van der Waals surface area contributed by atoms with Crippen molar-refractivity contribution in [2.75, 3.05) is 19.6 Å². The Hall–Kier alpha value is -1.22. The van der Waals surface area contributed by atoms with Crippen LogP contribution in [0.1, 0.15) is 64.6 Å². The fraction of sp³-hybridized carbons (Fsp3) is 0.684. The summed E-state index contributed by atoms with van der Waals surface area (Å²) in [7, 11) is 0. The summed E-state index contributed by atoms with van der Waals surface area (Å²) in [5.74, 6) is 3.19. The second-order valence-electron chi connectivity index (χ2n) is 7.98. The maximum atomic E-state index is 13.1. The van der Waals surface area contributed by atoms with Gasteiger partial charge in [0.1, 0.15) is 16.5 Å². The summed E-state index contributed by atoms with van der Waals surface area (Å²) in [6.07, 6.45) is 2.77. The van der Waals surface area contributed by atoms with Crippen molar-refractivity contribution in [2.45, 2.75) is 59.0 Å². The predicted octanol–water partition coefficient (Wildman–Crippen LogP) is 3.21. The van der Waals surface area contributed by atoms with Crippen LogP contribution in [-0.4, -0.2) is 50.2 Å². The van der Waals surface area contributed by atoms with Crippen LogP contribution in [0.5, 0.6) is 0 Å². The van der Waals surface area contributed by atoms with Crippen LogP contribution < -0.4 is 5.32 Å². The number of halogens is 2. The lowest BCUT2D eigenvalue weighted by atomic mass is 9.95. The molecule has 2 aliphatic heterocycles. The highest BCUT2D eigenvalue weighted by Gasteiger charge is 2.30. The van der Waals surface area contributed by atoms with Crippen molar-refractivity contribution in [3.63, 3.8) is 0 Å². The van der Waals surface area contributed by atoms with Crippen LogP contribution in [0, 0.1) is 12.8 Å². The van der Waals surface area contributed by atoms with Gasteiger partial charge in [-0.15, -0.1) is 46.3 Å². The number of piperidine rings is 1. The maximum absolute atomic E-state index is 13.1. The smallest absolute Gasteiger partial charge is 0.265 e. The molecule has 1 saturated heterocycles. The summed E-state index contributed by atoms with van der Waals surface area (Å²) in [4.78, 5) is 20.6. The lowest BCUT2D eigenvalue weighted by Gasteiger charge is -2.32. The molecule has 2 aromatic heterocycles. The number of carbonyl (C=O) groups excluding carboxylic acids is 1. The van der Waals surface area contributed by atoms with Gasteiger partial charge in [0.25, 0.3) is 5.91 Å². The summed E-state index contributed by atoms with van der Waals surface area (Å²) < 4.78 is 2.27. The lowest BCUT2D eigenvalue weighted by molar-refractivity contribution is 0.0713. The number of nitrogens with one attached hydrogen (secondary N) is 1. The van der Waals surface area contributed by atoms with Gasteiger partial charge < -0.3 is 14.8 Å². The molecule has 0 bridgehead atoms. The van der Waals surface area contributed by atoms with Crippen LogP contribution in [0.25, 0.3) is 0 Å². The Morgan fingerprint density at radius 1 is 1.21 bits per heavy atom. The molecule has 29 heavy (non-hydrogen) atoms. The van der Waals surface area contributed by atoms with Gasteiger partial charge in [0.2, 0.25) is 0 Å². The highest BCUT2D eigenvalue weighted by atomic mass is 35.5. The standard InChI is InChI=1S/C19H28N6OS.2ClH/c1-12(2)10-15-17(27-13(3)21-15)19(26)24-7-4-14(5-8-24)18-23-22-16-11-20-6-9-25(16)18;;/h12,14,20H,4-11H2,1-3H3;2*1H. The molecule has 0 saturated carbocycles. The Morgan fingerprint density at radius 2 is 1.93 bits per heavy atom. The normalized spacial score (nSPS) is 16.9. The molecule has 1 N–H and O–H groups in total. The van der Waals surface area contributed by atoms with Crippen molar-refractivity contribution in [2.24, 2.45) is 5.92 Å². The third kappa shape index (κ3) is 5.10. The van der Waals surface area contributed by atoms with Crippen LogP contribution in [-0.2, 0) is 19.5 Å². The second-order valence-corrected chi connectivity index (χ2v) is 9.18. The molecule has 4 heterocycles. The summed E-state index contributed by atoms with van der Waals surface area (Å²) in [5.41, 5.74) is 0.971. The Labute approximate surface area is 188 Å². The molecule has 0 aromatic carbocycles. The third-order valence-corrected chi connectivity index (χ3v) is 6.40. The van der Waals surface area contributed by atoms with Gasteiger partial charge in [-0.2, -0.15) is 0 Å². The first-order valence-corrected chi connectivity index (χ1v) is 10.7. The maximum Gasteiger partial charge on any atom is 0.265 e. The first kappa shape index (κ1) is 24.1. The number of hydrogen-bond donors (Lipinski definition) is 1. The molecule has 1 amide bonds. The van der Waals surface area contributed by atoms with Gasteiger partial charge in [-0.1, -0.05) is 13.8 Å². The number of amides is 1. The first-order chi connectivity index (χ1) is 13.0. The van der Waals surface area contributed by atoms with E-state index in [9.17, 15) is 4.79 Å². The number of fused-ring (bicyclic) bond motifs is 1. The fourth-order valence-corrected chi connectivity index (χ4v) is 4.98. The van der Waals surface area contributed by atoms with Gasteiger partial charge in [0, 0.05) is 32.1 Å². The van der Waals surface area contributed by atoms with Gasteiger partial charge in [0.15, 0.2) is 0 Å². The van der Waals surface area contributed by atoms with Gasteiger partial charge in [-0.3, -0.25) is 4.79 Å². The molecule has 2 aromatic rings. The molecular weight excluding hydrogens is 431 g/mol. The van der Waals surface area contributed by atoms with Crippen LogP contribution in [0.15, 0.2) is 0 Å². The van der Waals surface area contributed by atoms with Gasteiger partial charge in [0.05, 0.1) is 17.2 Å². The predicted molar refractivity (Wildman–Crippen MR) is 119 cm³/mol. The Balaban J connectivity index is 0.00000150. The minimum Gasteiger partial charge on any atom is -0.338 e. The van der Waals surface area contributed by atoms with E-state index in [-0.39, 0.29) is 30.7 Å². The molecule has 0 atom stereocenters. The zero-order valence-corrected chi connectivity index (χ0v) is 19.6. The van der Waals surface area contributed by atoms with Crippen molar-refractivity contribution < 1.29 is 4.79 Å². The van der Waals surface area contributed by atoms with E-state index < -0.39 is 0 Å². The lowest BCUT2D eigenvalue weighted by Crippen LogP contribution is -2.39. The minimum atomic E-state index is 0. The monoisotopic (exact) mass is 460 g/mol. The van der Waals surface area contributed by atoms with Crippen LogP contribution in [0.4, 0.5) is 0 Å². The summed E-state index contributed by atoms with van der Waals surface area (Å²) in [6, 6.07) is 0. The molecule has 10 heteroatoms. The molecule has 0 aliphatic carbocycles. The second kappa shape index (κ2) is 10.2. The van der Waals surface area contributed by atoms with E-state index in [0.717, 1.165) is 79.2 Å². The van der Waals surface area contributed by atoms with Crippen molar-refractivity contribution in [3.8, 4) is 0 Å². The van der Waals surface area contributed by atoms with Crippen LogP contribution in [0.3, 0.4) is 0 Å². The third-order valence-electron chi connectivity index (χ3n) is 5.40. The highest BCUT2D eigenvalue weighted by Crippen LogP contribution is 2.30. The Morgan fingerprint density at radius 3 is 2.62 bits per heavy atom. The molecule has 2 aliphatic rings. The van der Waals surface area contributed by atoms with E-state index in [1.54, 1.807) is 0 Å². The van der Waals surface area contributed by atoms with Crippen LogP contribution >= 0.6 is 36.2 Å². The van der Waals surface area contributed by atoms with E-state index in [1.165, 1.54) is 11.3 Å². The molecule has 0 radical (unpaired) electrons. The van der Waals surface area contributed by atoms with E-state index in [1.807, 2.05) is 11.8 Å². The summed E-state index contributed by atoms with van der Waals surface area (Å²) in [5, 5.41) is 13.1. The van der Waals surface area contributed by atoms with Crippen LogP contribution in [0.2, 0.25) is 0 Å². The number of thiazole rings is 1. The SMILES string of the molecule is Cc1nc(CC(C)C)c(C(=O)N2CCC(c3nnc4n3CCNC4)CC2)s1.Cl.Cl. The number of aromatic nitrogens is 4. The topological polar surface area (TPSA) is 75.9 Å². The molecule has 162 valence electrons. The Kier molecular flexibility index (Phi) is 8.46. The minimum absolute atomic E-state index is 0. The molecule has 1 fully saturated rings. The van der Waals surface area contributed by atoms with Crippen molar-refractivity contribution in [1.82, 2.24) is 30.0 Å². The number of carbonyl (C=O) groups is 1. The average molecular weight is 461 g/mol. The number of aryl methyl sites for hydroxylation is 1. The highest BCUT2D eigenvalue weighted by molar-refractivity contribution is 7.13. The molecule has 0 spiro atoms. The quantitative estimate of drug-likeness (QED) is 0.757. The summed E-state index contributed by atoms with van der Waals surface area (Å²) in [6.45, 7) is 10.6. The summed E-state index contributed by atoms with van der Waals surface area (Å²) >= 11 is 1.54. The number of likely N-dealkylation sites (tertiary alicyclic amines) is 1. The number of rotatable bonds is 4. The van der Waals surface area contributed by atoms with Gasteiger partial charge in [-0.05, 0) is 32.1 Å². The van der Waals surface area contributed by atoms with E-state index in [4.69, 9.17) is 0 Å². The van der Waals surface area contributed by atoms with E-state index in [0.29, 0.717) is 11.8 Å². The first-order valence-electron chi connectivity index (χ1n) is 9.91. The number of nitrogens with zero attached hydrogens (tertiary/aromatic N) is 5.